The minimum absolute atomic E-state index is 0.0216. The van der Waals surface area contributed by atoms with Crippen LogP contribution in [0.15, 0.2) is 96.1 Å². The smallest absolute Gasteiger partial charge is 0.278 e. The number of hydrogen-bond acceptors (Lipinski definition) is 6. The highest BCUT2D eigenvalue weighted by Crippen LogP contribution is 2.37. The molecule has 2 bridgehead atoms. The minimum atomic E-state index is -1.05. The van der Waals surface area contributed by atoms with E-state index in [4.69, 9.17) is 9.47 Å². The predicted octanol–water partition coefficient (Wildman–Crippen LogP) is 4.19. The fraction of sp³-hybridized carbons (Fsp3) is 0.167. The summed E-state index contributed by atoms with van der Waals surface area (Å²) in [6.07, 6.45) is 6.52. The van der Waals surface area contributed by atoms with Crippen molar-refractivity contribution in [3.63, 3.8) is 0 Å². The summed E-state index contributed by atoms with van der Waals surface area (Å²) < 4.78 is 42.5. The lowest BCUT2D eigenvalue weighted by Crippen LogP contribution is -2.55. The summed E-state index contributed by atoms with van der Waals surface area (Å²) in [5.41, 5.74) is 1.19. The van der Waals surface area contributed by atoms with Gasteiger partial charge in [-0.25, -0.2) is 8.78 Å². The lowest BCUT2D eigenvalue weighted by atomic mass is 10.0. The second-order valence-electron chi connectivity index (χ2n) is 9.33. The Morgan fingerprint density at radius 2 is 1.77 bits per heavy atom. The third-order valence-electron chi connectivity index (χ3n) is 6.78. The molecule has 0 N–H and O–H groups in total. The summed E-state index contributed by atoms with van der Waals surface area (Å²) in [6, 6.07) is 17.2. The quantitative estimate of drug-likeness (QED) is 0.360. The van der Waals surface area contributed by atoms with Crippen LogP contribution in [0.25, 0.3) is 0 Å². The first-order chi connectivity index (χ1) is 19.5. The van der Waals surface area contributed by atoms with Gasteiger partial charge in [-0.1, -0.05) is 42.5 Å². The average molecular weight is 543 g/mol. The third-order valence-corrected chi connectivity index (χ3v) is 6.78. The van der Waals surface area contributed by atoms with Gasteiger partial charge in [0, 0.05) is 36.6 Å². The molecular formula is C30H24F2N4O4. The van der Waals surface area contributed by atoms with Crippen LogP contribution in [0.4, 0.5) is 8.78 Å². The Balaban J connectivity index is 1.56. The molecule has 0 fully saturated rings. The lowest BCUT2D eigenvalue weighted by Gasteiger charge is -2.43. The molecule has 2 aliphatic heterocycles. The van der Waals surface area contributed by atoms with E-state index in [1.165, 1.54) is 16.9 Å². The number of carbonyl (C=O) groups excluding carboxylic acids is 1. The number of benzene rings is 2. The molecule has 4 heterocycles. The Morgan fingerprint density at radius 3 is 2.58 bits per heavy atom. The first-order valence-electron chi connectivity index (χ1n) is 12.7. The molecule has 40 heavy (non-hydrogen) atoms. The first kappa shape index (κ1) is 25.3. The summed E-state index contributed by atoms with van der Waals surface area (Å²) in [7, 11) is 0. The number of pyridine rings is 2. The molecule has 202 valence electrons. The van der Waals surface area contributed by atoms with Gasteiger partial charge in [0.25, 0.3) is 5.91 Å². The molecule has 0 unspecified atom stereocenters. The van der Waals surface area contributed by atoms with Crippen molar-refractivity contribution in [2.24, 2.45) is 0 Å². The van der Waals surface area contributed by atoms with Crippen LogP contribution >= 0.6 is 0 Å². The van der Waals surface area contributed by atoms with Crippen molar-refractivity contribution in [1.82, 2.24) is 14.6 Å². The second kappa shape index (κ2) is 10.6. The van der Waals surface area contributed by atoms with E-state index in [-0.39, 0.29) is 43.6 Å². The summed E-state index contributed by atoms with van der Waals surface area (Å²) in [4.78, 5) is 33.0. The standard InChI is InChI=1S/C30H24F2N4O4/c31-22-16-21-26(17-23(22)32)39-15-7-6-13-34-19-36(27(21)24-10-4-5-12-33-24)35-14-11-25(37)29(28(35)30(34)38)40-18-20-8-2-1-3-9-20/h1-12,14,16-17,27H,13,15,18-19H2/b7-6-/t27-/m1/s1. The van der Waals surface area contributed by atoms with Gasteiger partial charge in [-0.15, -0.1) is 0 Å². The van der Waals surface area contributed by atoms with Gasteiger partial charge in [0.15, 0.2) is 23.1 Å². The number of amides is 1. The molecule has 0 aliphatic carbocycles. The second-order valence-corrected chi connectivity index (χ2v) is 9.33. The van der Waals surface area contributed by atoms with Crippen LogP contribution in [0.5, 0.6) is 11.5 Å². The lowest BCUT2D eigenvalue weighted by molar-refractivity contribution is 0.0697. The Labute approximate surface area is 228 Å². The molecule has 0 saturated heterocycles. The van der Waals surface area contributed by atoms with Crippen molar-refractivity contribution < 1.29 is 23.0 Å². The van der Waals surface area contributed by atoms with E-state index in [2.05, 4.69) is 4.98 Å². The molecule has 4 aromatic rings. The highest BCUT2D eigenvalue weighted by Gasteiger charge is 2.38. The van der Waals surface area contributed by atoms with E-state index >= 15 is 0 Å². The fourth-order valence-corrected chi connectivity index (χ4v) is 4.89. The summed E-state index contributed by atoms with van der Waals surface area (Å²) in [5, 5.41) is 1.76. The highest BCUT2D eigenvalue weighted by molar-refractivity contribution is 5.96. The van der Waals surface area contributed by atoms with Gasteiger partial charge in [0.1, 0.15) is 31.7 Å². The number of halogens is 2. The molecule has 1 amide bonds. The molecule has 2 aromatic carbocycles. The average Bonchev–Trinajstić information content (AvgIpc) is 3.00. The monoisotopic (exact) mass is 542 g/mol. The Morgan fingerprint density at radius 1 is 0.975 bits per heavy atom. The molecule has 1 atom stereocenters. The van der Waals surface area contributed by atoms with Crippen molar-refractivity contribution in [1.29, 1.82) is 0 Å². The van der Waals surface area contributed by atoms with Crippen LogP contribution < -0.4 is 19.9 Å². The zero-order valence-electron chi connectivity index (χ0n) is 21.2. The van der Waals surface area contributed by atoms with Crippen molar-refractivity contribution in [3.05, 3.63) is 136 Å². The predicted molar refractivity (Wildman–Crippen MR) is 143 cm³/mol. The fourth-order valence-electron chi connectivity index (χ4n) is 4.89. The molecule has 0 radical (unpaired) electrons. The number of carbonyl (C=O) groups is 1. The molecule has 2 aromatic heterocycles. The number of ether oxygens (including phenoxy) is 2. The molecule has 2 aliphatic rings. The SMILES string of the molecule is O=C1c2c(OCc3ccccc3)c(=O)ccn2N2CN1C/C=C\COc1cc(F)c(F)cc1[C@@H]2c1ccccn1. The Kier molecular flexibility index (Phi) is 6.73. The zero-order valence-corrected chi connectivity index (χ0v) is 21.2. The van der Waals surface area contributed by atoms with E-state index in [1.807, 2.05) is 30.3 Å². The first-order valence-corrected chi connectivity index (χ1v) is 12.7. The van der Waals surface area contributed by atoms with Gasteiger partial charge in [-0.2, -0.15) is 0 Å². The maximum Gasteiger partial charge on any atom is 0.278 e. The van der Waals surface area contributed by atoms with E-state index in [0.717, 1.165) is 17.7 Å². The maximum absolute atomic E-state index is 14.7. The number of rotatable bonds is 4. The van der Waals surface area contributed by atoms with Crippen LogP contribution in [0.1, 0.15) is 33.4 Å². The van der Waals surface area contributed by atoms with Gasteiger partial charge in [0.05, 0.1) is 5.69 Å². The summed E-state index contributed by atoms with van der Waals surface area (Å²) >= 11 is 0. The molecular weight excluding hydrogens is 518 g/mol. The molecule has 0 spiro atoms. The largest absolute Gasteiger partial charge is 0.489 e. The number of hydrogen-bond donors (Lipinski definition) is 0. The van der Waals surface area contributed by atoms with E-state index < -0.39 is 29.0 Å². The van der Waals surface area contributed by atoms with E-state index in [9.17, 15) is 18.4 Å². The van der Waals surface area contributed by atoms with Crippen LogP contribution in [-0.4, -0.2) is 40.3 Å². The zero-order chi connectivity index (χ0) is 27.6. The van der Waals surface area contributed by atoms with Crippen molar-refractivity contribution in [2.75, 3.05) is 24.8 Å². The molecule has 8 nitrogen and oxygen atoms in total. The van der Waals surface area contributed by atoms with Gasteiger partial charge in [-0.05, 0) is 29.8 Å². The van der Waals surface area contributed by atoms with E-state index in [1.54, 1.807) is 46.5 Å². The maximum atomic E-state index is 14.7. The van der Waals surface area contributed by atoms with Crippen LogP contribution in [-0.2, 0) is 6.61 Å². The van der Waals surface area contributed by atoms with Crippen LogP contribution in [0, 0.1) is 11.6 Å². The normalized spacial score (nSPS) is 17.2. The van der Waals surface area contributed by atoms with Gasteiger partial charge in [-0.3, -0.25) is 24.3 Å². The topological polar surface area (TPSA) is 76.9 Å². The van der Waals surface area contributed by atoms with Gasteiger partial charge in [0.2, 0.25) is 5.43 Å². The third kappa shape index (κ3) is 4.68. The molecule has 6 rings (SSSR count). The Bertz CT molecular complexity index is 1640. The van der Waals surface area contributed by atoms with E-state index in [0.29, 0.717) is 11.3 Å². The summed E-state index contributed by atoms with van der Waals surface area (Å²) in [6.45, 7) is 0.404. The van der Waals surface area contributed by atoms with Gasteiger partial charge >= 0.3 is 0 Å². The molecule has 0 saturated carbocycles. The highest BCUT2D eigenvalue weighted by atomic mass is 19.2. The number of fused-ring (bicyclic) bond motifs is 5. The van der Waals surface area contributed by atoms with Gasteiger partial charge < -0.3 is 14.4 Å². The minimum Gasteiger partial charge on any atom is -0.489 e. The Hall–Kier alpha value is -4.99. The number of nitrogens with zero attached hydrogens (tertiary/aromatic N) is 4. The van der Waals surface area contributed by atoms with Crippen LogP contribution in [0.3, 0.4) is 0 Å². The summed E-state index contributed by atoms with van der Waals surface area (Å²) in [5.74, 6) is -2.48. The molecule has 10 heteroatoms. The number of aromatic nitrogens is 2. The van der Waals surface area contributed by atoms with Crippen molar-refractivity contribution >= 4 is 5.91 Å². The van der Waals surface area contributed by atoms with Crippen molar-refractivity contribution in [3.8, 4) is 11.5 Å². The van der Waals surface area contributed by atoms with Crippen LogP contribution in [0.2, 0.25) is 0 Å². The van der Waals surface area contributed by atoms with Crippen molar-refractivity contribution in [2.45, 2.75) is 12.6 Å².